The molecule has 0 saturated carbocycles. The van der Waals surface area contributed by atoms with Crippen molar-refractivity contribution in [1.29, 1.82) is 0 Å². The highest BCUT2D eigenvalue weighted by molar-refractivity contribution is 9.10. The predicted molar refractivity (Wildman–Crippen MR) is 78.8 cm³/mol. The first-order valence-electron chi connectivity index (χ1n) is 6.11. The molecule has 0 amide bonds. The lowest BCUT2D eigenvalue weighted by molar-refractivity contribution is 0.174. The number of benzene rings is 2. The van der Waals surface area contributed by atoms with Crippen LogP contribution in [0.2, 0.25) is 0 Å². The predicted octanol–water partition coefficient (Wildman–Crippen LogP) is 4.10. The molecule has 1 N–H and O–H groups in total. The van der Waals surface area contributed by atoms with Crippen molar-refractivity contribution in [3.05, 3.63) is 52.0 Å². The van der Waals surface area contributed by atoms with Crippen LogP contribution < -0.4 is 14.8 Å². The van der Waals surface area contributed by atoms with Crippen molar-refractivity contribution in [1.82, 2.24) is 0 Å². The molecule has 4 heteroatoms. The molecule has 1 aliphatic heterocycles. The molecule has 0 aliphatic carbocycles. The number of aryl methyl sites for hydroxylation is 1. The first-order valence-corrected chi connectivity index (χ1v) is 6.90. The monoisotopic (exact) mass is 319 g/mol. The van der Waals surface area contributed by atoms with Crippen LogP contribution in [0.5, 0.6) is 11.5 Å². The standard InChI is InChI=1S/C15H14BrNO2/c1-10-6-12(3-4-13(10)16)17-8-11-2-5-14-15(7-11)19-9-18-14/h2-7,17H,8-9H2,1H3. The highest BCUT2D eigenvalue weighted by Gasteiger charge is 2.12. The van der Waals surface area contributed by atoms with Crippen LogP contribution in [0.1, 0.15) is 11.1 Å². The third-order valence-electron chi connectivity index (χ3n) is 3.09. The minimum atomic E-state index is 0.318. The lowest BCUT2D eigenvalue weighted by Crippen LogP contribution is -1.99. The third-order valence-corrected chi connectivity index (χ3v) is 3.98. The number of hydrogen-bond donors (Lipinski definition) is 1. The van der Waals surface area contributed by atoms with Gasteiger partial charge in [0.25, 0.3) is 0 Å². The Morgan fingerprint density at radius 3 is 2.79 bits per heavy atom. The van der Waals surface area contributed by atoms with Crippen molar-refractivity contribution in [2.24, 2.45) is 0 Å². The number of ether oxygens (including phenoxy) is 2. The fraction of sp³-hybridized carbons (Fsp3) is 0.200. The van der Waals surface area contributed by atoms with Gasteiger partial charge in [0.2, 0.25) is 6.79 Å². The molecule has 0 bridgehead atoms. The number of hydrogen-bond acceptors (Lipinski definition) is 3. The fourth-order valence-electron chi connectivity index (χ4n) is 2.01. The summed E-state index contributed by atoms with van der Waals surface area (Å²) in [7, 11) is 0. The molecule has 3 rings (SSSR count). The van der Waals surface area contributed by atoms with Gasteiger partial charge in [-0.3, -0.25) is 0 Å². The molecule has 19 heavy (non-hydrogen) atoms. The summed E-state index contributed by atoms with van der Waals surface area (Å²) in [5, 5.41) is 3.40. The van der Waals surface area contributed by atoms with Crippen LogP contribution in [-0.4, -0.2) is 6.79 Å². The van der Waals surface area contributed by atoms with E-state index in [0.717, 1.165) is 28.2 Å². The minimum absolute atomic E-state index is 0.318. The molecule has 2 aromatic rings. The Kier molecular flexibility index (Phi) is 3.34. The van der Waals surface area contributed by atoms with Crippen molar-refractivity contribution < 1.29 is 9.47 Å². The third kappa shape index (κ3) is 2.68. The van der Waals surface area contributed by atoms with E-state index in [1.165, 1.54) is 11.1 Å². The van der Waals surface area contributed by atoms with E-state index in [1.807, 2.05) is 18.2 Å². The summed E-state index contributed by atoms with van der Waals surface area (Å²) in [5.41, 5.74) is 3.50. The van der Waals surface area contributed by atoms with Crippen molar-refractivity contribution in [3.8, 4) is 11.5 Å². The van der Waals surface area contributed by atoms with E-state index in [2.05, 4.69) is 46.4 Å². The van der Waals surface area contributed by atoms with Gasteiger partial charge < -0.3 is 14.8 Å². The molecule has 0 atom stereocenters. The Bertz CT molecular complexity index is 613. The molecule has 0 fully saturated rings. The zero-order chi connectivity index (χ0) is 13.2. The van der Waals surface area contributed by atoms with E-state index in [0.29, 0.717) is 6.79 Å². The Morgan fingerprint density at radius 2 is 1.95 bits per heavy atom. The Hall–Kier alpha value is -1.68. The number of fused-ring (bicyclic) bond motifs is 1. The molecule has 98 valence electrons. The normalized spacial score (nSPS) is 12.5. The van der Waals surface area contributed by atoms with E-state index in [9.17, 15) is 0 Å². The highest BCUT2D eigenvalue weighted by atomic mass is 79.9. The van der Waals surface area contributed by atoms with Gasteiger partial charge >= 0.3 is 0 Å². The highest BCUT2D eigenvalue weighted by Crippen LogP contribution is 2.32. The van der Waals surface area contributed by atoms with Crippen molar-refractivity contribution in [2.75, 3.05) is 12.1 Å². The maximum Gasteiger partial charge on any atom is 0.231 e. The van der Waals surface area contributed by atoms with Gasteiger partial charge in [-0.05, 0) is 48.4 Å². The van der Waals surface area contributed by atoms with Gasteiger partial charge in [-0.1, -0.05) is 22.0 Å². The fourth-order valence-corrected chi connectivity index (χ4v) is 2.26. The van der Waals surface area contributed by atoms with E-state index in [1.54, 1.807) is 0 Å². The lowest BCUT2D eigenvalue weighted by Gasteiger charge is -2.09. The van der Waals surface area contributed by atoms with Gasteiger partial charge in [0.05, 0.1) is 0 Å². The van der Waals surface area contributed by atoms with Gasteiger partial charge in [0, 0.05) is 16.7 Å². The van der Waals surface area contributed by atoms with Crippen LogP contribution in [-0.2, 0) is 6.54 Å². The number of halogens is 1. The van der Waals surface area contributed by atoms with Crippen molar-refractivity contribution in [2.45, 2.75) is 13.5 Å². The minimum Gasteiger partial charge on any atom is -0.454 e. The Balaban J connectivity index is 1.70. The smallest absolute Gasteiger partial charge is 0.231 e. The molecule has 1 aliphatic rings. The lowest BCUT2D eigenvalue weighted by atomic mass is 10.2. The van der Waals surface area contributed by atoms with Gasteiger partial charge in [0.1, 0.15) is 0 Å². The summed E-state index contributed by atoms with van der Waals surface area (Å²) in [6.45, 7) is 3.16. The number of rotatable bonds is 3. The molecule has 0 radical (unpaired) electrons. The molecule has 1 heterocycles. The zero-order valence-electron chi connectivity index (χ0n) is 10.6. The molecule has 0 saturated heterocycles. The second-order valence-corrected chi connectivity index (χ2v) is 5.36. The van der Waals surface area contributed by atoms with E-state index >= 15 is 0 Å². The number of anilines is 1. The maximum atomic E-state index is 5.37. The summed E-state index contributed by atoms with van der Waals surface area (Å²) in [5.74, 6) is 1.65. The summed E-state index contributed by atoms with van der Waals surface area (Å²) >= 11 is 3.50. The van der Waals surface area contributed by atoms with Crippen LogP contribution in [0.3, 0.4) is 0 Å². The van der Waals surface area contributed by atoms with Gasteiger partial charge in [-0.25, -0.2) is 0 Å². The second-order valence-electron chi connectivity index (χ2n) is 4.51. The topological polar surface area (TPSA) is 30.5 Å². The number of nitrogens with one attached hydrogen (secondary N) is 1. The van der Waals surface area contributed by atoms with Gasteiger partial charge in [0.15, 0.2) is 11.5 Å². The quantitative estimate of drug-likeness (QED) is 0.924. The average molecular weight is 320 g/mol. The summed E-state index contributed by atoms with van der Waals surface area (Å²) in [6.07, 6.45) is 0. The zero-order valence-corrected chi connectivity index (χ0v) is 12.2. The second kappa shape index (κ2) is 5.13. The average Bonchev–Trinajstić information content (AvgIpc) is 2.87. The van der Waals surface area contributed by atoms with Gasteiger partial charge in [-0.15, -0.1) is 0 Å². The molecular weight excluding hydrogens is 306 g/mol. The molecule has 0 aromatic heterocycles. The maximum absolute atomic E-state index is 5.37. The SMILES string of the molecule is Cc1cc(NCc2ccc3c(c2)OCO3)ccc1Br. The van der Waals surface area contributed by atoms with Crippen LogP contribution in [0.25, 0.3) is 0 Å². The Labute approximate surface area is 120 Å². The van der Waals surface area contributed by atoms with Gasteiger partial charge in [-0.2, -0.15) is 0 Å². The largest absolute Gasteiger partial charge is 0.454 e. The van der Waals surface area contributed by atoms with Crippen molar-refractivity contribution in [3.63, 3.8) is 0 Å². The van der Waals surface area contributed by atoms with Crippen LogP contribution >= 0.6 is 15.9 Å². The molecule has 2 aromatic carbocycles. The summed E-state index contributed by atoms with van der Waals surface area (Å²) < 4.78 is 11.8. The van der Waals surface area contributed by atoms with Crippen LogP contribution in [0.4, 0.5) is 5.69 Å². The van der Waals surface area contributed by atoms with Crippen LogP contribution in [0, 0.1) is 6.92 Å². The molecule has 3 nitrogen and oxygen atoms in total. The first-order chi connectivity index (χ1) is 9.22. The Morgan fingerprint density at radius 1 is 1.11 bits per heavy atom. The summed E-state index contributed by atoms with van der Waals surface area (Å²) in [4.78, 5) is 0. The molecule has 0 unspecified atom stereocenters. The van der Waals surface area contributed by atoms with E-state index in [4.69, 9.17) is 9.47 Å². The molecular formula is C15H14BrNO2. The van der Waals surface area contributed by atoms with E-state index < -0.39 is 0 Å². The molecule has 0 spiro atoms. The van der Waals surface area contributed by atoms with E-state index in [-0.39, 0.29) is 0 Å². The first kappa shape index (κ1) is 12.4. The van der Waals surface area contributed by atoms with Crippen molar-refractivity contribution >= 4 is 21.6 Å². The summed E-state index contributed by atoms with van der Waals surface area (Å²) in [6, 6.07) is 12.2. The van der Waals surface area contributed by atoms with Crippen LogP contribution in [0.15, 0.2) is 40.9 Å².